The molecule has 0 aliphatic rings. The zero-order chi connectivity index (χ0) is 61.1. The maximum Gasteiger partial charge on any atom is 0.416 e. The van der Waals surface area contributed by atoms with Crippen LogP contribution >= 0.6 is 0 Å². The van der Waals surface area contributed by atoms with E-state index in [4.69, 9.17) is 0 Å². The number of rotatable bonds is 7. The zero-order valence-corrected chi connectivity index (χ0v) is 45.6. The van der Waals surface area contributed by atoms with Crippen LogP contribution in [0.15, 0.2) is 182 Å². The molecule has 0 bridgehead atoms. The first-order valence-electron chi connectivity index (χ1n) is 26.7. The van der Waals surface area contributed by atoms with Gasteiger partial charge >= 0.3 is 24.7 Å². The summed E-state index contributed by atoms with van der Waals surface area (Å²) in [5.41, 5.74) is 3.92. The third-order valence-electron chi connectivity index (χ3n) is 15.5. The summed E-state index contributed by atoms with van der Waals surface area (Å²) >= 11 is 0. The predicted molar refractivity (Wildman–Crippen MR) is 311 cm³/mol. The molecular formula is C70H42F12N4. The van der Waals surface area contributed by atoms with E-state index in [0.717, 1.165) is 46.5 Å². The minimum atomic E-state index is -5.18. The van der Waals surface area contributed by atoms with E-state index in [1.165, 1.54) is 25.1 Å². The Morgan fingerprint density at radius 3 is 0.942 bits per heavy atom. The summed E-state index contributed by atoms with van der Waals surface area (Å²) in [6, 6.07) is 49.3. The lowest BCUT2D eigenvalue weighted by Crippen LogP contribution is -2.11. The summed E-state index contributed by atoms with van der Waals surface area (Å²) in [4.78, 5) is 0. The molecule has 0 saturated heterocycles. The van der Waals surface area contributed by atoms with Crippen molar-refractivity contribution in [3.05, 3.63) is 238 Å². The maximum atomic E-state index is 14.4. The monoisotopic (exact) mass is 1170 g/mol. The summed E-state index contributed by atoms with van der Waals surface area (Å²) in [6.07, 6.45) is -19.7. The van der Waals surface area contributed by atoms with Gasteiger partial charge in [-0.1, -0.05) is 77.9 Å². The Balaban J connectivity index is 1.20. The van der Waals surface area contributed by atoms with E-state index in [2.05, 4.69) is 12.1 Å². The van der Waals surface area contributed by atoms with Crippen LogP contribution in [0.5, 0.6) is 0 Å². The average Bonchev–Trinajstić information content (AvgIpc) is 1.69. The molecule has 10 aromatic carbocycles. The molecule has 0 amide bonds. The Morgan fingerprint density at radius 2 is 0.605 bits per heavy atom. The summed E-state index contributed by atoms with van der Waals surface area (Å²) in [5.74, 6) is 0. The predicted octanol–water partition coefficient (Wildman–Crippen LogP) is 21.3. The van der Waals surface area contributed by atoms with Crippen molar-refractivity contribution < 1.29 is 52.7 Å². The Kier molecular flexibility index (Phi) is 13.3. The number of nitriles is 2. The van der Waals surface area contributed by atoms with Crippen LogP contribution in [0.1, 0.15) is 55.6 Å². The molecule has 0 N–H and O–H groups in total. The molecule has 0 atom stereocenters. The number of hydrogen-bond acceptors (Lipinski definition) is 2. The highest BCUT2D eigenvalue weighted by atomic mass is 19.4. The van der Waals surface area contributed by atoms with Crippen molar-refractivity contribution in [1.82, 2.24) is 9.13 Å². The van der Waals surface area contributed by atoms with Crippen LogP contribution in [-0.2, 0) is 24.7 Å². The molecule has 0 aliphatic heterocycles. The maximum absolute atomic E-state index is 14.4. The van der Waals surface area contributed by atoms with Crippen LogP contribution in [0.25, 0.3) is 111 Å². The third-order valence-corrected chi connectivity index (χ3v) is 15.5. The van der Waals surface area contributed by atoms with Gasteiger partial charge in [-0.2, -0.15) is 63.2 Å². The van der Waals surface area contributed by atoms with E-state index in [0.29, 0.717) is 89.6 Å². The Labute approximate surface area is 483 Å². The quantitative estimate of drug-likeness (QED) is 0.149. The largest absolute Gasteiger partial charge is 0.416 e. The number of fused-ring (bicyclic) bond motifs is 6. The van der Waals surface area contributed by atoms with Crippen LogP contribution in [-0.4, -0.2) is 9.13 Å². The number of halogens is 12. The lowest BCUT2D eigenvalue weighted by molar-refractivity contribution is -0.143. The van der Waals surface area contributed by atoms with Gasteiger partial charge < -0.3 is 9.13 Å². The van der Waals surface area contributed by atoms with Gasteiger partial charge in [-0.05, 0) is 204 Å². The second-order valence-electron chi connectivity index (χ2n) is 21.6. The van der Waals surface area contributed by atoms with E-state index in [1.54, 1.807) is 90.4 Å². The van der Waals surface area contributed by atoms with E-state index in [-0.39, 0.29) is 44.8 Å². The molecule has 0 fully saturated rings. The number of nitrogens with zero attached hydrogens (tertiary/aromatic N) is 4. The van der Waals surface area contributed by atoms with Crippen molar-refractivity contribution in [2.24, 2.45) is 0 Å². The summed E-state index contributed by atoms with van der Waals surface area (Å²) in [6.45, 7) is 7.03. The van der Waals surface area contributed by atoms with Crippen LogP contribution in [0.2, 0.25) is 0 Å². The zero-order valence-electron chi connectivity index (χ0n) is 45.6. The van der Waals surface area contributed by atoms with Gasteiger partial charge in [-0.3, -0.25) is 0 Å². The van der Waals surface area contributed by atoms with Crippen molar-refractivity contribution in [3.8, 4) is 79.1 Å². The normalized spacial score (nSPS) is 12.4. The summed E-state index contributed by atoms with van der Waals surface area (Å²) < 4.78 is 176. The van der Waals surface area contributed by atoms with Crippen molar-refractivity contribution in [2.45, 2.75) is 52.4 Å². The van der Waals surface area contributed by atoms with Gasteiger partial charge in [0.2, 0.25) is 0 Å². The molecular weight excluding hydrogens is 1120 g/mol. The van der Waals surface area contributed by atoms with E-state index >= 15 is 0 Å². The first kappa shape index (κ1) is 56.4. The minimum absolute atomic E-state index is 0.0248. The van der Waals surface area contributed by atoms with E-state index in [1.807, 2.05) is 60.9 Å². The third kappa shape index (κ3) is 10.2. The number of hydrogen-bond donors (Lipinski definition) is 0. The molecule has 12 rings (SSSR count). The van der Waals surface area contributed by atoms with Crippen LogP contribution in [0.3, 0.4) is 0 Å². The van der Waals surface area contributed by atoms with Gasteiger partial charge in [-0.15, -0.1) is 0 Å². The molecule has 2 heterocycles. The Hall–Kier alpha value is -10.1. The van der Waals surface area contributed by atoms with Gasteiger partial charge in [0, 0.05) is 27.1 Å². The molecule has 0 unspecified atom stereocenters. The van der Waals surface area contributed by atoms with E-state index < -0.39 is 52.5 Å². The Bertz CT molecular complexity index is 4850. The fourth-order valence-corrected chi connectivity index (χ4v) is 11.8. The highest BCUT2D eigenvalue weighted by molar-refractivity contribution is 6.14. The highest BCUT2D eigenvalue weighted by Crippen LogP contribution is 2.47. The van der Waals surface area contributed by atoms with E-state index in [9.17, 15) is 63.2 Å². The van der Waals surface area contributed by atoms with Crippen LogP contribution in [0, 0.1) is 50.4 Å². The van der Waals surface area contributed by atoms with Crippen LogP contribution in [0.4, 0.5) is 52.7 Å². The molecule has 426 valence electrons. The molecule has 16 heteroatoms. The van der Waals surface area contributed by atoms with Gasteiger partial charge in [0.05, 0.1) is 79.0 Å². The average molecular weight is 1170 g/mol. The fraction of sp³-hybridized carbons (Fsp3) is 0.114. The van der Waals surface area contributed by atoms with Crippen molar-refractivity contribution >= 4 is 43.6 Å². The SMILES string of the molecule is Cc1cc(C)cc(-c2ccc3c(c2)c2cc(-c4cc(C)cc(C(F)(F)F)c4)ccc2n3-c2cc(C#N)cc(-n3c4ccc(-c5cc(C)cc(C(F)(F)F)c5)cc4c4cc(-c5cc(C(F)(F)F)cc(C(F)(F)F)c5)ccc43)c2-c2cccc(C#N)c2)c1. The van der Waals surface area contributed by atoms with Crippen molar-refractivity contribution in [3.63, 3.8) is 0 Å². The van der Waals surface area contributed by atoms with Gasteiger partial charge in [0.15, 0.2) is 0 Å². The lowest BCUT2D eigenvalue weighted by atomic mass is 9.96. The van der Waals surface area contributed by atoms with Gasteiger partial charge in [0.25, 0.3) is 0 Å². The molecule has 0 aliphatic carbocycles. The van der Waals surface area contributed by atoms with Crippen LogP contribution < -0.4 is 0 Å². The first-order valence-corrected chi connectivity index (χ1v) is 26.7. The molecule has 0 radical (unpaired) electrons. The number of aryl methyl sites for hydroxylation is 4. The number of alkyl halides is 12. The molecule has 2 aromatic heterocycles. The second kappa shape index (κ2) is 20.3. The summed E-state index contributed by atoms with van der Waals surface area (Å²) in [7, 11) is 0. The molecule has 0 saturated carbocycles. The number of benzene rings is 10. The van der Waals surface area contributed by atoms with Gasteiger partial charge in [0.1, 0.15) is 0 Å². The first-order chi connectivity index (χ1) is 40.6. The number of aromatic nitrogens is 2. The second-order valence-corrected chi connectivity index (χ2v) is 21.6. The topological polar surface area (TPSA) is 57.4 Å². The molecule has 86 heavy (non-hydrogen) atoms. The Morgan fingerprint density at radius 1 is 0.291 bits per heavy atom. The molecule has 12 aromatic rings. The standard InChI is InChI=1S/C70H42F12N4/c1-37-16-38(2)18-48(17-37)43-8-12-60-56(30-43)57-31-44(49-19-39(3)21-52(26-49)67(71,72)73)9-13-61(57)85(60)64-24-42(36-84)25-65(66(64)47-7-5-6-41(23-47)35-83)86-62-14-10-45(50-20-40(4)22-53(27-50)68(74,75)76)32-58(62)59-33-46(11-15-63(59)86)51-28-54(69(77,78)79)34-55(29-51)70(80,81)82/h5-34H,1-4H3. The molecule has 0 spiro atoms. The van der Waals surface area contributed by atoms with Crippen molar-refractivity contribution in [2.75, 3.05) is 0 Å². The highest BCUT2D eigenvalue weighted by Gasteiger charge is 2.38. The van der Waals surface area contributed by atoms with Gasteiger partial charge in [-0.25, -0.2) is 0 Å². The molecule has 4 nitrogen and oxygen atoms in total. The smallest absolute Gasteiger partial charge is 0.308 e. The van der Waals surface area contributed by atoms with Crippen molar-refractivity contribution in [1.29, 1.82) is 10.5 Å². The fourth-order valence-electron chi connectivity index (χ4n) is 11.8. The lowest BCUT2D eigenvalue weighted by Gasteiger charge is -2.21. The minimum Gasteiger partial charge on any atom is -0.308 e. The summed E-state index contributed by atoms with van der Waals surface area (Å²) in [5, 5.41) is 23.4.